The van der Waals surface area contributed by atoms with Crippen molar-refractivity contribution in [2.24, 2.45) is 5.92 Å². The van der Waals surface area contributed by atoms with Gasteiger partial charge in [-0.25, -0.2) is 4.79 Å². The van der Waals surface area contributed by atoms with Gasteiger partial charge in [-0.15, -0.1) is 0 Å². The Labute approximate surface area is 56.8 Å². The molecule has 1 amide bonds. The Bertz CT molecular complexity index is 116. The fourth-order valence-corrected chi connectivity index (χ4v) is 0.622. The second-order valence-electron chi connectivity index (χ2n) is 2.54. The molecule has 0 bridgehead atoms. The van der Waals surface area contributed by atoms with E-state index < -0.39 is 6.09 Å². The smallest absolute Gasteiger partial charge is 0.407 e. The van der Waals surface area contributed by atoms with Crippen LogP contribution in [-0.4, -0.2) is 29.7 Å². The van der Waals surface area contributed by atoms with E-state index in [1.165, 1.54) is 4.90 Å². The summed E-state index contributed by atoms with van der Waals surface area (Å²) in [6.45, 7) is 4.61. The topological polar surface area (TPSA) is 40.5 Å². The molecule has 0 rings (SSSR count). The summed E-state index contributed by atoms with van der Waals surface area (Å²) in [5.74, 6) is 0.407. The highest BCUT2D eigenvalue weighted by molar-refractivity contribution is 5.64. The molecular weight excluding hydrogens is 118 g/mol. The van der Waals surface area contributed by atoms with Crippen molar-refractivity contribution in [3.05, 3.63) is 0 Å². The normalized spacial score (nSPS) is 10.9. The third-order valence-corrected chi connectivity index (χ3v) is 0.951. The van der Waals surface area contributed by atoms with Gasteiger partial charge in [-0.05, 0) is 5.92 Å². The SMILES string of the molecule is [3H]OC(=O)N(C)CC(C)C. The molecule has 0 fully saturated rings. The number of rotatable bonds is 2. The van der Waals surface area contributed by atoms with Gasteiger partial charge in [-0.1, -0.05) is 13.8 Å². The second-order valence-corrected chi connectivity index (χ2v) is 2.54. The van der Waals surface area contributed by atoms with Gasteiger partial charge in [-0.3, -0.25) is 0 Å². The first-order valence-corrected chi connectivity index (χ1v) is 2.96. The van der Waals surface area contributed by atoms with Gasteiger partial charge in [-0.2, -0.15) is 0 Å². The highest BCUT2D eigenvalue weighted by Gasteiger charge is 2.05. The number of nitrogens with zero attached hydrogens (tertiary/aromatic N) is 1. The Kier molecular flexibility index (Phi) is 2.36. The minimum absolute atomic E-state index is 0.407. The first-order chi connectivity index (χ1) is 4.57. The Balaban J connectivity index is 3.61. The molecule has 3 nitrogen and oxygen atoms in total. The molecule has 0 aromatic heterocycles. The van der Waals surface area contributed by atoms with E-state index in [-0.39, 0.29) is 0 Å². The third kappa shape index (κ3) is 3.82. The first kappa shape index (κ1) is 6.39. The zero-order valence-corrected chi connectivity index (χ0v) is 6.05. The van der Waals surface area contributed by atoms with Crippen LogP contribution in [0.5, 0.6) is 0 Å². The van der Waals surface area contributed by atoms with Crippen LogP contribution in [0.15, 0.2) is 0 Å². The van der Waals surface area contributed by atoms with Crippen molar-refractivity contribution in [3.8, 4) is 0 Å². The third-order valence-electron chi connectivity index (χ3n) is 0.951. The van der Waals surface area contributed by atoms with E-state index >= 15 is 0 Å². The van der Waals surface area contributed by atoms with Gasteiger partial charge in [0.2, 0.25) is 0 Å². The molecule has 0 saturated carbocycles. The summed E-state index contributed by atoms with van der Waals surface area (Å²) in [5, 5.41) is 3.75. The minimum atomic E-state index is -0.603. The highest BCUT2D eigenvalue weighted by atomic mass is 16.4. The van der Waals surface area contributed by atoms with E-state index in [0.29, 0.717) is 12.5 Å². The van der Waals surface area contributed by atoms with Crippen LogP contribution < -0.4 is 0 Å². The Morgan fingerprint density at radius 3 is 2.78 bits per heavy atom. The maximum absolute atomic E-state index is 10.6. The van der Waals surface area contributed by atoms with Crippen molar-refractivity contribution in [3.63, 3.8) is 0 Å². The summed E-state index contributed by atoms with van der Waals surface area (Å²) in [6, 6.07) is 0. The summed E-state index contributed by atoms with van der Waals surface area (Å²) in [6.07, 6.45) is -0.603. The largest absolute Gasteiger partial charge is 0.465 e. The predicted molar refractivity (Wildman–Crippen MR) is 35.5 cm³/mol. The highest BCUT2D eigenvalue weighted by Crippen LogP contribution is 1.94. The lowest BCUT2D eigenvalue weighted by molar-refractivity contribution is 0.151. The Morgan fingerprint density at radius 2 is 2.44 bits per heavy atom. The molecule has 1 N–H and O–H groups in total. The standard InChI is InChI=1S/C6H13NO2/c1-5(2)4-7(3)6(8)9/h5H,4H2,1-3H3,(H,8,9)/i/hT. The quantitative estimate of drug-likeness (QED) is 0.616. The lowest BCUT2D eigenvalue weighted by Gasteiger charge is -2.14. The summed E-state index contributed by atoms with van der Waals surface area (Å²) in [5.41, 5.74) is 0. The monoisotopic (exact) mass is 133 g/mol. The summed E-state index contributed by atoms with van der Waals surface area (Å²) < 4.78 is 6.29. The zero-order valence-electron chi connectivity index (χ0n) is 7.05. The molecule has 3 heteroatoms. The Hall–Kier alpha value is -0.730. The van der Waals surface area contributed by atoms with Crippen LogP contribution in [0.1, 0.15) is 13.8 Å². The van der Waals surface area contributed by atoms with Gasteiger partial charge in [0.15, 0.2) is 0 Å². The van der Waals surface area contributed by atoms with Crippen LogP contribution in [0.25, 0.3) is 1.43 Å². The van der Waals surface area contributed by atoms with Crippen LogP contribution in [0.3, 0.4) is 0 Å². The van der Waals surface area contributed by atoms with Crippen molar-refractivity contribution in [2.75, 3.05) is 13.6 Å². The molecule has 0 aromatic rings. The van der Waals surface area contributed by atoms with Crippen LogP contribution in [0.2, 0.25) is 0 Å². The molecule has 0 aliphatic carbocycles. The minimum Gasteiger partial charge on any atom is -0.465 e. The summed E-state index contributed by atoms with van der Waals surface area (Å²) in [4.78, 5) is 11.9. The lowest BCUT2D eigenvalue weighted by Crippen LogP contribution is -2.28. The molecular formula is C6H13NO2. The van der Waals surface area contributed by atoms with Crippen molar-refractivity contribution in [1.29, 1.82) is 1.43 Å². The number of carbonyl (C=O) groups is 1. The fraction of sp³-hybridized carbons (Fsp3) is 0.833. The fourth-order valence-electron chi connectivity index (χ4n) is 0.622. The number of hydrogen-bond donors (Lipinski definition) is 1. The first-order valence-electron chi connectivity index (χ1n) is 3.37. The summed E-state index contributed by atoms with van der Waals surface area (Å²) in [7, 11) is 1.61. The average Bonchev–Trinajstić information content (AvgIpc) is 1.85. The molecule has 54 valence electrons. The van der Waals surface area contributed by atoms with E-state index in [4.69, 9.17) is 1.43 Å². The van der Waals surface area contributed by atoms with Crippen LogP contribution >= 0.6 is 0 Å². The molecule has 0 aliphatic heterocycles. The molecule has 0 heterocycles. The Morgan fingerprint density at radius 1 is 1.89 bits per heavy atom. The van der Waals surface area contributed by atoms with Crippen LogP contribution in [0, 0.1) is 5.92 Å². The van der Waals surface area contributed by atoms with Crippen LogP contribution in [-0.2, 0) is 0 Å². The van der Waals surface area contributed by atoms with Gasteiger partial charge < -0.3 is 10.0 Å². The molecule has 0 atom stereocenters. The molecule has 0 aromatic carbocycles. The van der Waals surface area contributed by atoms with Gasteiger partial charge in [0.05, 0.1) is 0 Å². The molecule has 0 spiro atoms. The summed E-state index contributed by atoms with van der Waals surface area (Å²) >= 11 is 0. The van der Waals surface area contributed by atoms with Gasteiger partial charge in [0.1, 0.15) is 0 Å². The molecule has 9 heavy (non-hydrogen) atoms. The van der Waals surface area contributed by atoms with Gasteiger partial charge in [0, 0.05) is 13.6 Å². The van der Waals surface area contributed by atoms with E-state index in [2.05, 4.69) is 5.11 Å². The van der Waals surface area contributed by atoms with Crippen molar-refractivity contribution < 1.29 is 9.90 Å². The van der Waals surface area contributed by atoms with E-state index in [1.54, 1.807) is 7.05 Å². The molecule has 0 unspecified atom stereocenters. The van der Waals surface area contributed by atoms with Crippen molar-refractivity contribution in [1.82, 2.24) is 4.90 Å². The van der Waals surface area contributed by atoms with Crippen LogP contribution in [0.4, 0.5) is 4.79 Å². The molecule has 0 saturated heterocycles. The molecule has 0 aliphatic rings. The van der Waals surface area contributed by atoms with E-state index in [1.807, 2.05) is 13.8 Å². The maximum Gasteiger partial charge on any atom is 0.407 e. The predicted octanol–water partition coefficient (Wildman–Crippen LogP) is 1.25. The van der Waals surface area contributed by atoms with E-state index in [9.17, 15) is 4.79 Å². The maximum atomic E-state index is 10.6. The lowest BCUT2D eigenvalue weighted by atomic mass is 10.2. The van der Waals surface area contributed by atoms with Gasteiger partial charge in [0.25, 0.3) is 1.43 Å². The number of carboxylic acid groups (broad SMARTS) is 1. The average molecular weight is 133 g/mol. The van der Waals surface area contributed by atoms with Crippen molar-refractivity contribution in [2.45, 2.75) is 13.8 Å². The van der Waals surface area contributed by atoms with Gasteiger partial charge >= 0.3 is 6.09 Å². The van der Waals surface area contributed by atoms with E-state index in [0.717, 1.165) is 0 Å². The number of hydrogen-bond acceptors (Lipinski definition) is 2. The van der Waals surface area contributed by atoms with Crippen molar-refractivity contribution >= 4 is 6.09 Å². The number of amides is 1. The molecule has 0 radical (unpaired) electrons. The second kappa shape index (κ2) is 3.33. The zero-order chi connectivity index (χ0) is 8.15.